The third-order valence-electron chi connectivity index (χ3n) is 2.05. The predicted octanol–water partition coefficient (Wildman–Crippen LogP) is 4.48. The molecule has 20 heavy (non-hydrogen) atoms. The standard InChI is InChI=1S/C10H2Cl2F6O2/c11-4-1-3(7(19)9(13,14)15)2-5(12)6(4)8(20)10(16,17)18/h1-2H. The van der Waals surface area contributed by atoms with Crippen LogP contribution in [0, 0.1) is 0 Å². The van der Waals surface area contributed by atoms with Gasteiger partial charge in [0.2, 0.25) is 0 Å². The van der Waals surface area contributed by atoms with Crippen LogP contribution in [-0.2, 0) is 0 Å². The quantitative estimate of drug-likeness (QED) is 0.588. The summed E-state index contributed by atoms with van der Waals surface area (Å²) in [6.45, 7) is 0. The maximum absolute atomic E-state index is 12.2. The number of rotatable bonds is 2. The molecule has 0 bridgehead atoms. The van der Waals surface area contributed by atoms with Gasteiger partial charge in [-0.15, -0.1) is 0 Å². The van der Waals surface area contributed by atoms with E-state index in [4.69, 9.17) is 23.2 Å². The van der Waals surface area contributed by atoms with Gasteiger partial charge in [0, 0.05) is 5.56 Å². The molecule has 0 aliphatic heterocycles. The Morgan fingerprint density at radius 3 is 1.45 bits per heavy atom. The lowest BCUT2D eigenvalue weighted by Crippen LogP contribution is -2.25. The van der Waals surface area contributed by atoms with E-state index in [9.17, 15) is 35.9 Å². The molecule has 0 aliphatic carbocycles. The van der Waals surface area contributed by atoms with Crippen molar-refractivity contribution in [2.75, 3.05) is 0 Å². The van der Waals surface area contributed by atoms with Crippen molar-refractivity contribution in [3.05, 3.63) is 33.3 Å². The highest BCUT2D eigenvalue weighted by Crippen LogP contribution is 2.34. The lowest BCUT2D eigenvalue weighted by molar-refractivity contribution is -0.0890. The smallest absolute Gasteiger partial charge is 0.284 e. The second kappa shape index (κ2) is 5.25. The molecule has 0 spiro atoms. The van der Waals surface area contributed by atoms with Crippen molar-refractivity contribution >= 4 is 34.8 Å². The van der Waals surface area contributed by atoms with E-state index in [0.29, 0.717) is 12.1 Å². The summed E-state index contributed by atoms with van der Waals surface area (Å²) in [6.07, 6.45) is -10.6. The second-order valence-electron chi connectivity index (χ2n) is 3.47. The summed E-state index contributed by atoms with van der Waals surface area (Å²) in [5.74, 6) is -4.76. The number of hydrogen-bond donors (Lipinski definition) is 0. The molecule has 0 aromatic heterocycles. The van der Waals surface area contributed by atoms with Crippen LogP contribution in [0.1, 0.15) is 20.7 Å². The highest BCUT2D eigenvalue weighted by Gasteiger charge is 2.43. The Bertz CT molecular complexity index is 553. The third-order valence-corrected chi connectivity index (χ3v) is 2.64. The van der Waals surface area contributed by atoms with Crippen molar-refractivity contribution in [3.8, 4) is 0 Å². The van der Waals surface area contributed by atoms with Crippen LogP contribution >= 0.6 is 23.2 Å². The molecule has 0 N–H and O–H groups in total. The molecule has 1 aromatic rings. The summed E-state index contributed by atoms with van der Waals surface area (Å²) in [5.41, 5.74) is -2.27. The third kappa shape index (κ3) is 3.43. The van der Waals surface area contributed by atoms with E-state index in [1.807, 2.05) is 0 Å². The molecule has 0 fully saturated rings. The Hall–Kier alpha value is -1.28. The summed E-state index contributed by atoms with van der Waals surface area (Å²) < 4.78 is 73.2. The first-order chi connectivity index (χ1) is 8.85. The van der Waals surface area contributed by atoms with Gasteiger partial charge in [0.15, 0.2) is 0 Å². The van der Waals surface area contributed by atoms with E-state index in [-0.39, 0.29) is 0 Å². The molecule has 110 valence electrons. The average molecular weight is 339 g/mol. The summed E-state index contributed by atoms with van der Waals surface area (Å²) >= 11 is 10.6. The van der Waals surface area contributed by atoms with Crippen molar-refractivity contribution in [2.45, 2.75) is 12.4 Å². The molecular formula is C10H2Cl2F6O2. The van der Waals surface area contributed by atoms with E-state index < -0.39 is 45.1 Å². The molecule has 1 rings (SSSR count). The van der Waals surface area contributed by atoms with Crippen molar-refractivity contribution in [2.24, 2.45) is 0 Å². The first-order valence-corrected chi connectivity index (χ1v) is 5.33. The van der Waals surface area contributed by atoms with E-state index in [0.717, 1.165) is 0 Å². The normalized spacial score (nSPS) is 12.4. The van der Waals surface area contributed by atoms with Crippen LogP contribution < -0.4 is 0 Å². The van der Waals surface area contributed by atoms with Crippen LogP contribution in [0.5, 0.6) is 0 Å². The maximum atomic E-state index is 12.2. The van der Waals surface area contributed by atoms with Crippen molar-refractivity contribution in [1.82, 2.24) is 0 Å². The molecule has 0 unspecified atom stereocenters. The number of hydrogen-bond acceptors (Lipinski definition) is 2. The molecule has 0 saturated carbocycles. The van der Waals surface area contributed by atoms with Gasteiger partial charge >= 0.3 is 12.4 Å². The van der Waals surface area contributed by atoms with Crippen molar-refractivity contribution in [3.63, 3.8) is 0 Å². The van der Waals surface area contributed by atoms with Gasteiger partial charge in [-0.1, -0.05) is 23.2 Å². The van der Waals surface area contributed by atoms with Crippen molar-refractivity contribution < 1.29 is 35.9 Å². The Labute approximate surface area is 117 Å². The van der Waals surface area contributed by atoms with Crippen LogP contribution in [0.3, 0.4) is 0 Å². The first-order valence-electron chi connectivity index (χ1n) is 4.57. The Morgan fingerprint density at radius 2 is 1.15 bits per heavy atom. The Kier molecular flexibility index (Phi) is 4.40. The van der Waals surface area contributed by atoms with E-state index in [1.165, 1.54) is 0 Å². The number of halogens is 8. The molecule has 0 heterocycles. The zero-order valence-electron chi connectivity index (χ0n) is 8.99. The number of carbonyl (C=O) groups excluding carboxylic acids is 2. The van der Waals surface area contributed by atoms with Gasteiger partial charge in [0.05, 0.1) is 15.6 Å². The summed E-state index contributed by atoms with van der Waals surface area (Å²) in [7, 11) is 0. The number of Topliss-reactive ketones (excluding diaryl/α,β-unsaturated/α-hetero) is 2. The number of ketones is 2. The van der Waals surface area contributed by atoms with Gasteiger partial charge in [0.1, 0.15) is 0 Å². The lowest BCUT2D eigenvalue weighted by Gasteiger charge is -2.11. The molecule has 0 amide bonds. The van der Waals surface area contributed by atoms with E-state index >= 15 is 0 Å². The summed E-state index contributed by atoms with van der Waals surface area (Å²) in [6, 6.07) is 0.616. The monoisotopic (exact) mass is 338 g/mol. The molecule has 1 aromatic carbocycles. The minimum atomic E-state index is -5.30. The minimum Gasteiger partial charge on any atom is -0.284 e. The summed E-state index contributed by atoms with van der Waals surface area (Å²) in [5, 5.41) is -1.99. The first kappa shape index (κ1) is 16.8. The second-order valence-corrected chi connectivity index (χ2v) is 4.28. The molecule has 0 radical (unpaired) electrons. The van der Waals surface area contributed by atoms with Crippen molar-refractivity contribution in [1.29, 1.82) is 0 Å². The van der Waals surface area contributed by atoms with Gasteiger partial charge in [-0.3, -0.25) is 9.59 Å². The molecule has 2 nitrogen and oxygen atoms in total. The zero-order valence-corrected chi connectivity index (χ0v) is 10.5. The largest absolute Gasteiger partial charge is 0.454 e. The molecule has 10 heteroatoms. The topological polar surface area (TPSA) is 34.1 Å². The fourth-order valence-corrected chi connectivity index (χ4v) is 1.89. The van der Waals surface area contributed by atoms with Gasteiger partial charge in [-0.2, -0.15) is 26.3 Å². The van der Waals surface area contributed by atoms with Crippen LogP contribution in [-0.4, -0.2) is 23.9 Å². The average Bonchev–Trinajstić information content (AvgIpc) is 2.24. The van der Waals surface area contributed by atoms with Crippen LogP contribution in [0.25, 0.3) is 0 Å². The van der Waals surface area contributed by atoms with Gasteiger partial charge in [-0.25, -0.2) is 0 Å². The maximum Gasteiger partial charge on any atom is 0.454 e. The molecule has 0 aliphatic rings. The van der Waals surface area contributed by atoms with E-state index in [1.54, 1.807) is 0 Å². The SMILES string of the molecule is O=C(c1cc(Cl)c(C(=O)C(F)(F)F)c(Cl)c1)C(F)(F)F. The minimum absolute atomic E-state index is 0.308. The molecular weight excluding hydrogens is 337 g/mol. The van der Waals surface area contributed by atoms with Crippen LogP contribution in [0.2, 0.25) is 10.0 Å². The number of benzene rings is 1. The summed E-state index contributed by atoms with van der Waals surface area (Å²) in [4.78, 5) is 21.9. The molecule has 0 saturated heterocycles. The Morgan fingerprint density at radius 1 is 0.800 bits per heavy atom. The van der Waals surface area contributed by atoms with Crippen LogP contribution in [0.15, 0.2) is 12.1 Å². The number of alkyl halides is 6. The van der Waals surface area contributed by atoms with Gasteiger partial charge < -0.3 is 0 Å². The van der Waals surface area contributed by atoms with E-state index in [2.05, 4.69) is 0 Å². The lowest BCUT2D eigenvalue weighted by atomic mass is 10.0. The molecule has 0 atom stereocenters. The van der Waals surface area contributed by atoms with Gasteiger partial charge in [-0.05, 0) is 12.1 Å². The van der Waals surface area contributed by atoms with Gasteiger partial charge in [0.25, 0.3) is 11.6 Å². The van der Waals surface area contributed by atoms with Crippen LogP contribution in [0.4, 0.5) is 26.3 Å². The Balaban J connectivity index is 3.38. The highest BCUT2D eigenvalue weighted by atomic mass is 35.5. The predicted molar refractivity (Wildman–Crippen MR) is 57.2 cm³/mol. The fourth-order valence-electron chi connectivity index (χ4n) is 1.23. The highest BCUT2D eigenvalue weighted by molar-refractivity contribution is 6.40. The fraction of sp³-hybridized carbons (Fsp3) is 0.200. The zero-order chi connectivity index (χ0) is 15.9. The number of carbonyl (C=O) groups is 2.